The summed E-state index contributed by atoms with van der Waals surface area (Å²) in [5, 5.41) is 0. The zero-order chi connectivity index (χ0) is 12.3. The van der Waals surface area contributed by atoms with Gasteiger partial charge in [-0.2, -0.15) is 0 Å². The van der Waals surface area contributed by atoms with Crippen molar-refractivity contribution in [2.24, 2.45) is 0 Å². The van der Waals surface area contributed by atoms with Crippen LogP contribution in [0.15, 0.2) is 18.2 Å². The predicted octanol–water partition coefficient (Wildman–Crippen LogP) is 3.36. The first-order valence-corrected chi connectivity index (χ1v) is 5.66. The molecule has 0 N–H and O–H groups in total. The van der Waals surface area contributed by atoms with Gasteiger partial charge in [-0.05, 0) is 31.9 Å². The second-order valence-electron chi connectivity index (χ2n) is 4.46. The molecule has 0 aliphatic heterocycles. The van der Waals surface area contributed by atoms with Gasteiger partial charge in [0.2, 0.25) is 0 Å². The highest BCUT2D eigenvalue weighted by atomic mass is 16.5. The molecule has 2 nitrogen and oxygen atoms in total. The molecule has 0 bridgehead atoms. The molecule has 1 rings (SSSR count). The molecule has 1 aromatic rings. The number of hydrogen-bond donors (Lipinski definition) is 0. The maximum atomic E-state index is 10.9. The minimum atomic E-state index is -0.218. The highest BCUT2D eigenvalue weighted by Gasteiger charge is 2.18. The summed E-state index contributed by atoms with van der Waals surface area (Å²) < 4.78 is 5.21. The monoisotopic (exact) mass is 220 g/mol. The van der Waals surface area contributed by atoms with Crippen LogP contribution in [0.4, 0.5) is 0 Å². The summed E-state index contributed by atoms with van der Waals surface area (Å²) in [6, 6.07) is 6.38. The molecular formula is C14H20O2. The fourth-order valence-electron chi connectivity index (χ4n) is 1.95. The molecular weight excluding hydrogens is 200 g/mol. The third-order valence-electron chi connectivity index (χ3n) is 2.97. The number of aryl methyl sites for hydroxylation is 2. The molecule has 0 unspecified atom stereocenters. The standard InChI is InChI=1S/C14H20O2/c1-9-6-7-14(10(2)8-9)11(3)12(4)16-13(5)15/h6-8,11-12H,1-5H3/t11-,12+/m0/s1. The average Bonchev–Trinajstić information content (AvgIpc) is 2.15. The van der Waals surface area contributed by atoms with E-state index >= 15 is 0 Å². The van der Waals surface area contributed by atoms with E-state index in [1.165, 1.54) is 23.6 Å². The molecule has 0 fully saturated rings. The number of benzene rings is 1. The van der Waals surface area contributed by atoms with Crippen molar-refractivity contribution < 1.29 is 9.53 Å². The molecule has 0 saturated heterocycles. The number of esters is 1. The molecule has 0 spiro atoms. The summed E-state index contributed by atoms with van der Waals surface area (Å²) in [7, 11) is 0. The number of rotatable bonds is 3. The molecule has 0 aliphatic rings. The lowest BCUT2D eigenvalue weighted by Gasteiger charge is -2.22. The molecule has 0 aliphatic carbocycles. The molecule has 0 saturated carbocycles. The van der Waals surface area contributed by atoms with E-state index in [1.807, 2.05) is 6.92 Å². The van der Waals surface area contributed by atoms with Crippen LogP contribution in [0.5, 0.6) is 0 Å². The number of carbonyl (C=O) groups is 1. The Labute approximate surface area is 97.6 Å². The smallest absolute Gasteiger partial charge is 0.302 e. The summed E-state index contributed by atoms with van der Waals surface area (Å²) in [5.74, 6) is 0.00798. The van der Waals surface area contributed by atoms with Crippen molar-refractivity contribution in [2.75, 3.05) is 0 Å². The normalized spacial score (nSPS) is 14.3. The van der Waals surface area contributed by atoms with Gasteiger partial charge in [0.25, 0.3) is 0 Å². The Hall–Kier alpha value is -1.31. The third kappa shape index (κ3) is 3.09. The topological polar surface area (TPSA) is 26.3 Å². The van der Waals surface area contributed by atoms with Crippen LogP contribution in [-0.4, -0.2) is 12.1 Å². The Morgan fingerprint density at radius 2 is 1.88 bits per heavy atom. The van der Waals surface area contributed by atoms with Crippen LogP contribution >= 0.6 is 0 Å². The van der Waals surface area contributed by atoms with E-state index in [0.29, 0.717) is 0 Å². The van der Waals surface area contributed by atoms with Crippen molar-refractivity contribution in [1.29, 1.82) is 0 Å². The summed E-state index contributed by atoms with van der Waals surface area (Å²) in [6.45, 7) is 9.65. The Bertz CT molecular complexity index is 382. The summed E-state index contributed by atoms with van der Waals surface area (Å²) >= 11 is 0. The number of carbonyl (C=O) groups excluding carboxylic acids is 1. The predicted molar refractivity (Wildman–Crippen MR) is 65.6 cm³/mol. The maximum Gasteiger partial charge on any atom is 0.302 e. The van der Waals surface area contributed by atoms with Crippen molar-refractivity contribution in [3.63, 3.8) is 0 Å². The lowest BCUT2D eigenvalue weighted by Crippen LogP contribution is -2.19. The minimum Gasteiger partial charge on any atom is -0.462 e. The highest BCUT2D eigenvalue weighted by Crippen LogP contribution is 2.25. The van der Waals surface area contributed by atoms with Crippen LogP contribution in [-0.2, 0) is 9.53 Å². The van der Waals surface area contributed by atoms with Gasteiger partial charge >= 0.3 is 5.97 Å². The fraction of sp³-hybridized carbons (Fsp3) is 0.500. The van der Waals surface area contributed by atoms with E-state index in [2.05, 4.69) is 39.0 Å². The summed E-state index contributed by atoms with van der Waals surface area (Å²) in [5.41, 5.74) is 3.76. The van der Waals surface area contributed by atoms with Gasteiger partial charge in [0, 0.05) is 12.8 Å². The van der Waals surface area contributed by atoms with Gasteiger partial charge < -0.3 is 4.74 Å². The van der Waals surface area contributed by atoms with Crippen LogP contribution in [0.25, 0.3) is 0 Å². The van der Waals surface area contributed by atoms with Crippen LogP contribution in [0.2, 0.25) is 0 Å². The molecule has 2 heteroatoms. The molecule has 88 valence electrons. The Kier molecular flexibility index (Phi) is 4.11. The largest absolute Gasteiger partial charge is 0.462 e. The first kappa shape index (κ1) is 12.8. The first-order chi connectivity index (χ1) is 7.41. The molecule has 1 aromatic carbocycles. The lowest BCUT2D eigenvalue weighted by atomic mass is 9.91. The molecule has 0 aromatic heterocycles. The average molecular weight is 220 g/mol. The molecule has 0 heterocycles. The Balaban J connectivity index is 2.87. The van der Waals surface area contributed by atoms with Crippen molar-refractivity contribution in [1.82, 2.24) is 0 Å². The van der Waals surface area contributed by atoms with Gasteiger partial charge in [0.05, 0.1) is 0 Å². The van der Waals surface area contributed by atoms with Gasteiger partial charge in [0.15, 0.2) is 0 Å². The van der Waals surface area contributed by atoms with Crippen molar-refractivity contribution in [2.45, 2.75) is 46.6 Å². The van der Waals surface area contributed by atoms with E-state index in [9.17, 15) is 4.79 Å². The van der Waals surface area contributed by atoms with E-state index in [-0.39, 0.29) is 18.0 Å². The minimum absolute atomic E-state index is 0.0843. The van der Waals surface area contributed by atoms with E-state index < -0.39 is 0 Å². The Morgan fingerprint density at radius 3 is 2.38 bits per heavy atom. The number of hydrogen-bond acceptors (Lipinski definition) is 2. The van der Waals surface area contributed by atoms with Crippen LogP contribution in [0.3, 0.4) is 0 Å². The third-order valence-corrected chi connectivity index (χ3v) is 2.97. The zero-order valence-electron chi connectivity index (χ0n) is 10.7. The Morgan fingerprint density at radius 1 is 1.25 bits per heavy atom. The summed E-state index contributed by atoms with van der Waals surface area (Å²) in [6.07, 6.45) is -0.0843. The maximum absolute atomic E-state index is 10.9. The van der Waals surface area contributed by atoms with Gasteiger partial charge in [0.1, 0.15) is 6.10 Å². The van der Waals surface area contributed by atoms with Crippen molar-refractivity contribution in [3.05, 3.63) is 34.9 Å². The second-order valence-corrected chi connectivity index (χ2v) is 4.46. The van der Waals surface area contributed by atoms with Crippen LogP contribution in [0.1, 0.15) is 43.4 Å². The van der Waals surface area contributed by atoms with Crippen molar-refractivity contribution in [3.8, 4) is 0 Å². The van der Waals surface area contributed by atoms with Crippen LogP contribution in [0, 0.1) is 13.8 Å². The highest BCUT2D eigenvalue weighted by molar-refractivity contribution is 5.66. The van der Waals surface area contributed by atoms with E-state index in [0.717, 1.165) is 0 Å². The van der Waals surface area contributed by atoms with Gasteiger partial charge in [-0.1, -0.05) is 30.7 Å². The van der Waals surface area contributed by atoms with Gasteiger partial charge in [-0.25, -0.2) is 0 Å². The van der Waals surface area contributed by atoms with E-state index in [4.69, 9.17) is 4.74 Å². The second kappa shape index (κ2) is 5.15. The lowest BCUT2D eigenvalue weighted by molar-refractivity contribution is -0.146. The fourth-order valence-corrected chi connectivity index (χ4v) is 1.95. The molecule has 0 radical (unpaired) electrons. The van der Waals surface area contributed by atoms with E-state index in [1.54, 1.807) is 0 Å². The van der Waals surface area contributed by atoms with Crippen LogP contribution < -0.4 is 0 Å². The number of ether oxygens (including phenoxy) is 1. The molecule has 0 amide bonds. The van der Waals surface area contributed by atoms with Crippen molar-refractivity contribution >= 4 is 5.97 Å². The molecule has 2 atom stereocenters. The SMILES string of the molecule is CC(=O)O[C@H](C)[C@H](C)c1ccc(C)cc1C. The molecule has 16 heavy (non-hydrogen) atoms. The first-order valence-electron chi connectivity index (χ1n) is 5.66. The van der Waals surface area contributed by atoms with Gasteiger partial charge in [-0.15, -0.1) is 0 Å². The quantitative estimate of drug-likeness (QED) is 0.730. The zero-order valence-corrected chi connectivity index (χ0v) is 10.7. The summed E-state index contributed by atoms with van der Waals surface area (Å²) in [4.78, 5) is 10.9. The van der Waals surface area contributed by atoms with Gasteiger partial charge in [-0.3, -0.25) is 4.79 Å².